The molecule has 22 heavy (non-hydrogen) atoms. The van der Waals surface area contributed by atoms with Crippen molar-refractivity contribution in [1.29, 1.82) is 0 Å². The third kappa shape index (κ3) is 3.53. The van der Waals surface area contributed by atoms with Gasteiger partial charge in [-0.2, -0.15) is 0 Å². The molecule has 1 saturated heterocycles. The Morgan fingerprint density at radius 1 is 1.27 bits per heavy atom. The molecule has 0 radical (unpaired) electrons. The summed E-state index contributed by atoms with van der Waals surface area (Å²) < 4.78 is 0. The van der Waals surface area contributed by atoms with Crippen LogP contribution in [0.2, 0.25) is 0 Å². The van der Waals surface area contributed by atoms with Gasteiger partial charge in [-0.3, -0.25) is 9.59 Å². The second-order valence-corrected chi connectivity index (χ2v) is 6.91. The number of thiophene rings is 1. The fourth-order valence-electron chi connectivity index (χ4n) is 2.39. The van der Waals surface area contributed by atoms with E-state index in [2.05, 4.69) is 10.3 Å². The first-order chi connectivity index (χ1) is 10.7. The summed E-state index contributed by atoms with van der Waals surface area (Å²) in [7, 11) is 0. The number of nitrogens with one attached hydrogen (secondary N) is 1. The number of likely N-dealkylation sites (tertiary alicyclic amines) is 1. The van der Waals surface area contributed by atoms with Crippen LogP contribution in [0, 0.1) is 0 Å². The Kier molecular flexibility index (Phi) is 4.84. The molecule has 0 spiro atoms. The Balaban J connectivity index is 1.49. The van der Waals surface area contributed by atoms with Crippen LogP contribution in [0.5, 0.6) is 0 Å². The maximum absolute atomic E-state index is 12.0. The van der Waals surface area contributed by atoms with E-state index in [0.29, 0.717) is 18.7 Å². The van der Waals surface area contributed by atoms with Crippen molar-refractivity contribution in [2.45, 2.75) is 19.3 Å². The summed E-state index contributed by atoms with van der Waals surface area (Å²) in [5, 5.41) is 7.37. The smallest absolute Gasteiger partial charge is 0.270 e. The fourth-order valence-corrected chi connectivity index (χ4v) is 4.00. The lowest BCUT2D eigenvalue weighted by Crippen LogP contribution is -2.32. The minimum atomic E-state index is -0.215. The van der Waals surface area contributed by atoms with Gasteiger partial charge in [-0.1, -0.05) is 6.07 Å². The maximum atomic E-state index is 12.0. The van der Waals surface area contributed by atoms with Crippen LogP contribution in [-0.4, -0.2) is 41.3 Å². The van der Waals surface area contributed by atoms with Crippen molar-refractivity contribution in [3.8, 4) is 9.88 Å². The summed E-state index contributed by atoms with van der Waals surface area (Å²) in [5.74, 6) is -0.0939. The van der Waals surface area contributed by atoms with Crippen LogP contribution in [0.3, 0.4) is 0 Å². The molecule has 2 aromatic rings. The van der Waals surface area contributed by atoms with Gasteiger partial charge in [0.2, 0.25) is 5.91 Å². The van der Waals surface area contributed by atoms with Gasteiger partial charge >= 0.3 is 0 Å². The molecule has 0 aliphatic carbocycles. The molecule has 1 aliphatic heterocycles. The highest BCUT2D eigenvalue weighted by atomic mass is 32.1. The standard InChI is InChI=1S/C15H17N3O2S2/c19-13(18-7-1-2-8-18)5-6-16-14(20)11-10-22-15(17-11)12-4-3-9-21-12/h3-4,9-10H,1-2,5-8H2,(H,16,20). The first-order valence-corrected chi connectivity index (χ1v) is 9.05. The van der Waals surface area contributed by atoms with Crippen LogP contribution in [0.25, 0.3) is 9.88 Å². The van der Waals surface area contributed by atoms with Crippen molar-refractivity contribution in [1.82, 2.24) is 15.2 Å². The average molecular weight is 335 g/mol. The van der Waals surface area contributed by atoms with E-state index in [9.17, 15) is 9.59 Å². The number of nitrogens with zero attached hydrogens (tertiary/aromatic N) is 2. The van der Waals surface area contributed by atoms with Crippen LogP contribution >= 0.6 is 22.7 Å². The molecule has 2 amide bonds. The molecule has 5 nitrogen and oxygen atoms in total. The number of rotatable bonds is 5. The molecule has 1 fully saturated rings. The van der Waals surface area contributed by atoms with Crippen molar-refractivity contribution in [2.24, 2.45) is 0 Å². The first kappa shape index (κ1) is 15.2. The summed E-state index contributed by atoms with van der Waals surface area (Å²) >= 11 is 3.06. The largest absolute Gasteiger partial charge is 0.350 e. The monoisotopic (exact) mass is 335 g/mol. The van der Waals surface area contributed by atoms with Gasteiger partial charge < -0.3 is 10.2 Å². The SMILES string of the molecule is O=C(NCCC(=O)N1CCCC1)c1csc(-c2cccs2)n1. The summed E-state index contributed by atoms with van der Waals surface area (Å²) in [6.45, 7) is 2.06. The zero-order valence-electron chi connectivity index (χ0n) is 12.1. The fraction of sp³-hybridized carbons (Fsp3) is 0.400. The molecule has 116 valence electrons. The van der Waals surface area contributed by atoms with Crippen LogP contribution in [0.1, 0.15) is 29.8 Å². The molecule has 1 aliphatic rings. The Morgan fingerprint density at radius 3 is 2.82 bits per heavy atom. The molecule has 0 aromatic carbocycles. The first-order valence-electron chi connectivity index (χ1n) is 7.29. The van der Waals surface area contributed by atoms with Gasteiger partial charge in [0.05, 0.1) is 4.88 Å². The molecule has 1 N–H and O–H groups in total. The van der Waals surface area contributed by atoms with Gasteiger partial charge in [0, 0.05) is 31.4 Å². The van der Waals surface area contributed by atoms with Gasteiger partial charge in [0.1, 0.15) is 10.7 Å². The van der Waals surface area contributed by atoms with Crippen molar-refractivity contribution in [3.05, 3.63) is 28.6 Å². The van der Waals surface area contributed by atoms with E-state index in [4.69, 9.17) is 0 Å². The quantitative estimate of drug-likeness (QED) is 0.913. The van der Waals surface area contributed by atoms with Crippen molar-refractivity contribution in [2.75, 3.05) is 19.6 Å². The number of carbonyl (C=O) groups excluding carboxylic acids is 2. The van der Waals surface area contributed by atoms with Gasteiger partial charge in [0.15, 0.2) is 0 Å². The molecular weight excluding hydrogens is 318 g/mol. The highest BCUT2D eigenvalue weighted by Gasteiger charge is 2.18. The summed E-state index contributed by atoms with van der Waals surface area (Å²) in [5.41, 5.74) is 0.419. The van der Waals surface area contributed by atoms with Crippen LogP contribution in [-0.2, 0) is 4.79 Å². The van der Waals surface area contributed by atoms with Gasteiger partial charge in [0.25, 0.3) is 5.91 Å². The number of hydrogen-bond acceptors (Lipinski definition) is 5. The number of thiazole rings is 1. The summed E-state index contributed by atoms with van der Waals surface area (Å²) in [4.78, 5) is 31.2. The van der Waals surface area contributed by atoms with E-state index in [1.165, 1.54) is 11.3 Å². The second kappa shape index (κ2) is 7.02. The number of hydrogen-bond donors (Lipinski definition) is 1. The van der Waals surface area contributed by atoms with E-state index >= 15 is 0 Å². The van der Waals surface area contributed by atoms with E-state index in [1.54, 1.807) is 16.7 Å². The highest BCUT2D eigenvalue weighted by Crippen LogP contribution is 2.27. The van der Waals surface area contributed by atoms with E-state index in [0.717, 1.165) is 35.8 Å². The molecule has 2 aromatic heterocycles. The van der Waals surface area contributed by atoms with Crippen molar-refractivity contribution in [3.63, 3.8) is 0 Å². The molecule has 0 bridgehead atoms. The predicted octanol–water partition coefficient (Wildman–Crippen LogP) is 2.61. The minimum absolute atomic E-state index is 0.121. The Hall–Kier alpha value is -1.73. The molecule has 3 heterocycles. The van der Waals surface area contributed by atoms with Crippen LogP contribution < -0.4 is 5.32 Å². The van der Waals surface area contributed by atoms with Gasteiger partial charge in [-0.15, -0.1) is 22.7 Å². The normalized spacial score (nSPS) is 14.3. The van der Waals surface area contributed by atoms with Crippen molar-refractivity contribution >= 4 is 34.5 Å². The topological polar surface area (TPSA) is 62.3 Å². The summed E-state index contributed by atoms with van der Waals surface area (Å²) in [6.07, 6.45) is 2.53. The Labute approximate surface area is 137 Å². The van der Waals surface area contributed by atoms with Gasteiger partial charge in [-0.05, 0) is 24.3 Å². The Morgan fingerprint density at radius 2 is 2.09 bits per heavy atom. The van der Waals surface area contributed by atoms with Crippen LogP contribution in [0.15, 0.2) is 22.9 Å². The molecule has 0 saturated carbocycles. The summed E-state index contributed by atoms with van der Waals surface area (Å²) in [6, 6.07) is 3.95. The predicted molar refractivity (Wildman–Crippen MR) is 88.2 cm³/mol. The maximum Gasteiger partial charge on any atom is 0.270 e. The third-order valence-corrected chi connectivity index (χ3v) is 5.43. The lowest BCUT2D eigenvalue weighted by atomic mass is 10.3. The van der Waals surface area contributed by atoms with E-state index in [1.807, 2.05) is 22.4 Å². The lowest BCUT2D eigenvalue weighted by molar-refractivity contribution is -0.129. The zero-order chi connectivity index (χ0) is 15.4. The number of carbonyl (C=O) groups is 2. The van der Waals surface area contributed by atoms with Crippen molar-refractivity contribution < 1.29 is 9.59 Å². The van der Waals surface area contributed by atoms with Gasteiger partial charge in [-0.25, -0.2) is 4.98 Å². The Bertz CT molecular complexity index is 646. The number of aromatic nitrogens is 1. The molecule has 0 atom stereocenters. The molecule has 0 unspecified atom stereocenters. The number of amides is 2. The van der Waals surface area contributed by atoms with E-state index < -0.39 is 0 Å². The average Bonchev–Trinajstić information content (AvgIpc) is 3.26. The lowest BCUT2D eigenvalue weighted by Gasteiger charge is -2.14. The molecular formula is C15H17N3O2S2. The second-order valence-electron chi connectivity index (χ2n) is 5.11. The third-order valence-electron chi connectivity index (χ3n) is 3.55. The van der Waals surface area contributed by atoms with E-state index in [-0.39, 0.29) is 11.8 Å². The zero-order valence-corrected chi connectivity index (χ0v) is 13.7. The molecule has 7 heteroatoms. The molecule has 3 rings (SSSR count). The highest BCUT2D eigenvalue weighted by molar-refractivity contribution is 7.20. The minimum Gasteiger partial charge on any atom is -0.350 e. The van der Waals surface area contributed by atoms with Crippen LogP contribution in [0.4, 0.5) is 0 Å².